The van der Waals surface area contributed by atoms with Crippen LogP contribution in [-0.2, 0) is 10.0 Å². The third kappa shape index (κ3) is 3.29. The average Bonchev–Trinajstić information content (AvgIpc) is 2.36. The van der Waals surface area contributed by atoms with Crippen molar-refractivity contribution in [3.8, 4) is 0 Å². The van der Waals surface area contributed by atoms with E-state index < -0.39 is 25.5 Å². The highest BCUT2D eigenvalue weighted by molar-refractivity contribution is 7.92. The molecule has 0 saturated heterocycles. The predicted molar refractivity (Wildman–Crippen MR) is 79.5 cm³/mol. The molecule has 3 N–H and O–H groups in total. The summed E-state index contributed by atoms with van der Waals surface area (Å²) in [5, 5.41) is 10.9. The van der Waals surface area contributed by atoms with Gasteiger partial charge in [-0.1, -0.05) is 12.1 Å². The Bertz CT molecular complexity index is 783. The Morgan fingerprint density at radius 3 is 2.48 bits per heavy atom. The molecule has 0 saturated carbocycles. The number of sulfonamides is 1. The molecule has 0 atom stereocenters. The Labute approximate surface area is 121 Å². The average molecular weight is 307 g/mol. The lowest BCUT2D eigenvalue weighted by Gasteiger charge is -2.10. The van der Waals surface area contributed by atoms with E-state index in [4.69, 9.17) is 5.73 Å². The monoisotopic (exact) mass is 307 g/mol. The minimum atomic E-state index is -4.07. The van der Waals surface area contributed by atoms with Gasteiger partial charge in [-0.25, -0.2) is 8.42 Å². The van der Waals surface area contributed by atoms with E-state index in [1.54, 1.807) is 19.1 Å². The third-order valence-corrected chi connectivity index (χ3v) is 4.13. The van der Waals surface area contributed by atoms with Gasteiger partial charge in [0, 0.05) is 11.8 Å². The number of nitrogen functional groups attached to an aromatic ring is 1. The molecular weight excluding hydrogens is 294 g/mol. The number of hydrogen-bond acceptors (Lipinski definition) is 5. The van der Waals surface area contributed by atoms with E-state index in [1.807, 2.05) is 0 Å². The van der Waals surface area contributed by atoms with E-state index in [-0.39, 0.29) is 5.69 Å². The lowest BCUT2D eigenvalue weighted by atomic mass is 10.2. The number of rotatable bonds is 4. The molecular formula is C13H13N3O4S. The molecule has 0 aliphatic rings. The number of hydrogen-bond donors (Lipinski definition) is 2. The van der Waals surface area contributed by atoms with Crippen molar-refractivity contribution in [3.63, 3.8) is 0 Å². The van der Waals surface area contributed by atoms with Crippen LogP contribution in [0.5, 0.6) is 0 Å². The van der Waals surface area contributed by atoms with Crippen molar-refractivity contribution in [3.05, 3.63) is 58.1 Å². The van der Waals surface area contributed by atoms with E-state index in [0.29, 0.717) is 5.69 Å². The van der Waals surface area contributed by atoms with Crippen LogP contribution in [0, 0.1) is 17.0 Å². The van der Waals surface area contributed by atoms with Crippen LogP contribution in [0.25, 0.3) is 0 Å². The summed E-state index contributed by atoms with van der Waals surface area (Å²) in [6.45, 7) is 1.76. The molecule has 7 nitrogen and oxygen atoms in total. The molecule has 0 radical (unpaired) electrons. The summed E-state index contributed by atoms with van der Waals surface area (Å²) in [7, 11) is -4.07. The number of anilines is 2. The third-order valence-electron chi connectivity index (χ3n) is 2.70. The summed E-state index contributed by atoms with van der Waals surface area (Å²) in [6.07, 6.45) is 0. The fraction of sp³-hybridized carbons (Fsp3) is 0.0769. The topological polar surface area (TPSA) is 115 Å². The molecule has 8 heteroatoms. The van der Waals surface area contributed by atoms with Crippen molar-refractivity contribution >= 4 is 27.1 Å². The van der Waals surface area contributed by atoms with Gasteiger partial charge in [-0.15, -0.1) is 0 Å². The molecule has 2 rings (SSSR count). The number of nitrogens with one attached hydrogen (secondary N) is 1. The Hall–Kier alpha value is -2.61. The summed E-state index contributed by atoms with van der Waals surface area (Å²) >= 11 is 0. The Balaban J connectivity index is 2.46. The Morgan fingerprint density at radius 1 is 1.19 bits per heavy atom. The van der Waals surface area contributed by atoms with Gasteiger partial charge in [-0.3, -0.25) is 14.8 Å². The van der Waals surface area contributed by atoms with Crippen molar-refractivity contribution in [2.45, 2.75) is 11.8 Å². The van der Waals surface area contributed by atoms with Gasteiger partial charge in [0.25, 0.3) is 15.7 Å². The van der Waals surface area contributed by atoms with Crippen molar-refractivity contribution in [1.82, 2.24) is 0 Å². The maximum absolute atomic E-state index is 12.3. The summed E-state index contributed by atoms with van der Waals surface area (Å²) in [5.41, 5.74) is 6.60. The second-order valence-electron chi connectivity index (χ2n) is 4.46. The molecule has 2 aromatic carbocycles. The molecule has 21 heavy (non-hydrogen) atoms. The molecule has 0 bridgehead atoms. The molecule has 0 spiro atoms. The highest BCUT2D eigenvalue weighted by atomic mass is 32.2. The summed E-state index contributed by atoms with van der Waals surface area (Å²) in [4.78, 5) is 9.79. The quantitative estimate of drug-likeness (QED) is 0.511. The van der Waals surface area contributed by atoms with Crippen LogP contribution in [0.2, 0.25) is 0 Å². The zero-order valence-corrected chi connectivity index (χ0v) is 11.9. The molecule has 0 aliphatic heterocycles. The van der Waals surface area contributed by atoms with Crippen molar-refractivity contribution < 1.29 is 13.3 Å². The lowest BCUT2D eigenvalue weighted by molar-refractivity contribution is -0.387. The highest BCUT2D eigenvalue weighted by Crippen LogP contribution is 2.26. The van der Waals surface area contributed by atoms with Crippen LogP contribution < -0.4 is 10.5 Å². The summed E-state index contributed by atoms with van der Waals surface area (Å²) in [5.74, 6) is 0. The van der Waals surface area contributed by atoms with Crippen LogP contribution >= 0.6 is 0 Å². The van der Waals surface area contributed by atoms with E-state index in [0.717, 1.165) is 11.6 Å². The number of nitrogens with zero attached hydrogens (tertiary/aromatic N) is 1. The molecule has 0 amide bonds. The van der Waals surface area contributed by atoms with Crippen molar-refractivity contribution in [2.75, 3.05) is 10.5 Å². The maximum atomic E-state index is 12.3. The van der Waals surface area contributed by atoms with Gasteiger partial charge in [0.15, 0.2) is 4.90 Å². The fourth-order valence-electron chi connectivity index (χ4n) is 1.92. The molecule has 0 fully saturated rings. The number of nitro benzene ring substituents is 1. The highest BCUT2D eigenvalue weighted by Gasteiger charge is 2.25. The Kier molecular flexibility index (Phi) is 3.81. The van der Waals surface area contributed by atoms with Gasteiger partial charge in [0.1, 0.15) is 0 Å². The van der Waals surface area contributed by atoms with Crippen molar-refractivity contribution in [2.24, 2.45) is 0 Å². The van der Waals surface area contributed by atoms with Gasteiger partial charge in [0.05, 0.1) is 10.6 Å². The minimum Gasteiger partial charge on any atom is -0.399 e. The standard InChI is InChI=1S/C13H13N3O4S/c1-9-6-10(14)8-11(7-9)15-21(19,20)13-5-3-2-4-12(13)16(17)18/h2-8,15H,14H2,1H3. The maximum Gasteiger partial charge on any atom is 0.289 e. The van der Waals surface area contributed by atoms with Crippen LogP contribution in [0.3, 0.4) is 0 Å². The normalized spacial score (nSPS) is 11.1. The van der Waals surface area contributed by atoms with E-state index >= 15 is 0 Å². The van der Waals surface area contributed by atoms with E-state index in [1.165, 1.54) is 24.3 Å². The first kappa shape index (κ1) is 14.8. The molecule has 0 heterocycles. The summed E-state index contributed by atoms with van der Waals surface area (Å²) < 4.78 is 26.9. The zero-order valence-electron chi connectivity index (χ0n) is 11.1. The van der Waals surface area contributed by atoms with Crippen LogP contribution in [0.1, 0.15) is 5.56 Å². The van der Waals surface area contributed by atoms with Crippen molar-refractivity contribution in [1.29, 1.82) is 0 Å². The predicted octanol–water partition coefficient (Wildman–Crippen LogP) is 2.29. The number of aryl methyl sites for hydroxylation is 1. The molecule has 110 valence electrons. The number of benzene rings is 2. The minimum absolute atomic E-state index is 0.255. The lowest BCUT2D eigenvalue weighted by Crippen LogP contribution is -2.15. The van der Waals surface area contributed by atoms with Crippen LogP contribution in [-0.4, -0.2) is 13.3 Å². The van der Waals surface area contributed by atoms with Crippen LogP contribution in [0.15, 0.2) is 47.4 Å². The molecule has 0 aliphatic carbocycles. The van der Waals surface area contributed by atoms with Gasteiger partial charge >= 0.3 is 0 Å². The first-order chi connectivity index (χ1) is 9.79. The van der Waals surface area contributed by atoms with Gasteiger partial charge in [-0.05, 0) is 36.8 Å². The van der Waals surface area contributed by atoms with Gasteiger partial charge < -0.3 is 5.73 Å². The Morgan fingerprint density at radius 2 is 1.86 bits per heavy atom. The largest absolute Gasteiger partial charge is 0.399 e. The second kappa shape index (κ2) is 5.41. The number of nitrogens with two attached hydrogens (primary N) is 1. The molecule has 0 aromatic heterocycles. The second-order valence-corrected chi connectivity index (χ2v) is 6.11. The van der Waals surface area contributed by atoms with Gasteiger partial charge in [-0.2, -0.15) is 0 Å². The molecule has 0 unspecified atom stereocenters. The van der Waals surface area contributed by atoms with Gasteiger partial charge in [0.2, 0.25) is 0 Å². The number of para-hydroxylation sites is 1. The first-order valence-corrected chi connectivity index (χ1v) is 7.41. The zero-order chi connectivity index (χ0) is 15.6. The molecule has 2 aromatic rings. The number of nitro groups is 1. The SMILES string of the molecule is Cc1cc(N)cc(NS(=O)(=O)c2ccccc2[N+](=O)[O-])c1. The summed E-state index contributed by atoms with van der Waals surface area (Å²) in [6, 6.07) is 9.86. The van der Waals surface area contributed by atoms with E-state index in [9.17, 15) is 18.5 Å². The van der Waals surface area contributed by atoms with E-state index in [2.05, 4.69) is 4.72 Å². The first-order valence-electron chi connectivity index (χ1n) is 5.93. The fourth-order valence-corrected chi connectivity index (χ4v) is 3.13. The van der Waals surface area contributed by atoms with Crippen LogP contribution in [0.4, 0.5) is 17.1 Å². The smallest absolute Gasteiger partial charge is 0.289 e.